The van der Waals surface area contributed by atoms with Crippen LogP contribution in [0.1, 0.15) is 31.2 Å². The van der Waals surface area contributed by atoms with Gasteiger partial charge < -0.3 is 9.80 Å². The van der Waals surface area contributed by atoms with Crippen LogP contribution in [-0.2, 0) is 11.2 Å². The number of nitrogens with zero attached hydrogens (tertiary/aromatic N) is 3. The van der Waals surface area contributed by atoms with E-state index in [9.17, 15) is 4.79 Å². The van der Waals surface area contributed by atoms with Crippen molar-refractivity contribution in [2.24, 2.45) is 5.41 Å². The van der Waals surface area contributed by atoms with Crippen molar-refractivity contribution in [2.45, 2.75) is 32.1 Å². The molecule has 4 rings (SSSR count). The van der Waals surface area contributed by atoms with Gasteiger partial charge in [0.1, 0.15) is 0 Å². The standard InChI is InChI=1S/C20H25N3OS/c24-18-15-20(8-12-22(13-9-20)19-21-10-14-25-19)16-23(18)11-4-7-17-5-2-1-3-6-17/h1-3,5-6,10,14H,4,7-9,11-13,15-16H2. The van der Waals surface area contributed by atoms with Gasteiger partial charge in [0.2, 0.25) is 5.91 Å². The van der Waals surface area contributed by atoms with Crippen LogP contribution < -0.4 is 4.90 Å². The van der Waals surface area contributed by atoms with Gasteiger partial charge in [-0.3, -0.25) is 4.79 Å². The number of hydrogen-bond acceptors (Lipinski definition) is 4. The molecule has 0 saturated carbocycles. The van der Waals surface area contributed by atoms with Gasteiger partial charge >= 0.3 is 0 Å². The van der Waals surface area contributed by atoms with E-state index in [1.165, 1.54) is 5.56 Å². The molecule has 5 heteroatoms. The van der Waals surface area contributed by atoms with Crippen LogP contribution in [0.2, 0.25) is 0 Å². The summed E-state index contributed by atoms with van der Waals surface area (Å²) in [7, 11) is 0. The molecule has 0 unspecified atom stereocenters. The van der Waals surface area contributed by atoms with Gasteiger partial charge in [0.25, 0.3) is 0 Å². The van der Waals surface area contributed by atoms with E-state index in [4.69, 9.17) is 0 Å². The first-order chi connectivity index (χ1) is 12.2. The molecule has 1 aromatic heterocycles. The molecule has 0 atom stereocenters. The summed E-state index contributed by atoms with van der Waals surface area (Å²) in [6.45, 7) is 3.90. The summed E-state index contributed by atoms with van der Waals surface area (Å²) in [5, 5.41) is 3.16. The maximum absolute atomic E-state index is 12.5. The number of carbonyl (C=O) groups excluding carboxylic acids is 1. The van der Waals surface area contributed by atoms with Gasteiger partial charge in [-0.15, -0.1) is 11.3 Å². The van der Waals surface area contributed by atoms with Crippen molar-refractivity contribution < 1.29 is 4.79 Å². The SMILES string of the molecule is O=C1CC2(CCN(c3nccs3)CC2)CN1CCCc1ccccc1. The number of carbonyl (C=O) groups is 1. The Morgan fingerprint density at radius 1 is 1.16 bits per heavy atom. The first kappa shape index (κ1) is 16.6. The second kappa shape index (κ2) is 7.16. The van der Waals surface area contributed by atoms with Crippen LogP contribution in [0.3, 0.4) is 0 Å². The van der Waals surface area contributed by atoms with Crippen LogP contribution in [-0.4, -0.2) is 42.0 Å². The van der Waals surface area contributed by atoms with E-state index in [2.05, 4.69) is 45.1 Å². The highest BCUT2D eigenvalue weighted by molar-refractivity contribution is 7.13. The molecule has 1 aromatic carbocycles. The van der Waals surface area contributed by atoms with Crippen LogP contribution in [0.15, 0.2) is 41.9 Å². The zero-order valence-electron chi connectivity index (χ0n) is 14.6. The number of amides is 1. The van der Waals surface area contributed by atoms with Crippen molar-refractivity contribution in [2.75, 3.05) is 31.1 Å². The summed E-state index contributed by atoms with van der Waals surface area (Å²) in [6.07, 6.45) is 6.93. The van der Waals surface area contributed by atoms with E-state index in [1.54, 1.807) is 11.3 Å². The number of thiazole rings is 1. The Morgan fingerprint density at radius 2 is 1.96 bits per heavy atom. The van der Waals surface area contributed by atoms with Crippen LogP contribution in [0.4, 0.5) is 5.13 Å². The average molecular weight is 356 g/mol. The highest BCUT2D eigenvalue weighted by Crippen LogP contribution is 2.42. The molecular weight excluding hydrogens is 330 g/mol. The van der Waals surface area contributed by atoms with Gasteiger partial charge in [0.15, 0.2) is 5.13 Å². The lowest BCUT2D eigenvalue weighted by Crippen LogP contribution is -2.41. The van der Waals surface area contributed by atoms with Crippen LogP contribution >= 0.6 is 11.3 Å². The van der Waals surface area contributed by atoms with Crippen molar-refractivity contribution in [1.29, 1.82) is 0 Å². The molecule has 2 aliphatic heterocycles. The number of hydrogen-bond donors (Lipinski definition) is 0. The first-order valence-corrected chi connectivity index (χ1v) is 10.1. The number of aromatic nitrogens is 1. The van der Waals surface area contributed by atoms with E-state index in [0.717, 1.165) is 63.4 Å². The summed E-state index contributed by atoms with van der Waals surface area (Å²) in [4.78, 5) is 21.4. The molecular formula is C20H25N3OS. The topological polar surface area (TPSA) is 36.4 Å². The molecule has 0 N–H and O–H groups in total. The Kier molecular flexibility index (Phi) is 4.75. The molecule has 2 saturated heterocycles. The second-order valence-electron chi connectivity index (χ2n) is 7.38. The van der Waals surface area contributed by atoms with E-state index < -0.39 is 0 Å². The lowest BCUT2D eigenvalue weighted by Gasteiger charge is -2.38. The third kappa shape index (κ3) is 3.71. The van der Waals surface area contributed by atoms with E-state index in [1.807, 2.05) is 11.6 Å². The molecule has 0 aliphatic carbocycles. The molecule has 2 aromatic rings. The number of likely N-dealkylation sites (tertiary alicyclic amines) is 1. The van der Waals surface area contributed by atoms with Crippen molar-refractivity contribution in [3.8, 4) is 0 Å². The monoisotopic (exact) mass is 355 g/mol. The molecule has 25 heavy (non-hydrogen) atoms. The van der Waals surface area contributed by atoms with Gasteiger partial charge in [-0.1, -0.05) is 30.3 Å². The fraction of sp³-hybridized carbons (Fsp3) is 0.500. The van der Waals surface area contributed by atoms with Crippen molar-refractivity contribution in [3.05, 3.63) is 47.5 Å². The average Bonchev–Trinajstić information content (AvgIpc) is 3.26. The minimum absolute atomic E-state index is 0.206. The Hall–Kier alpha value is -1.88. The molecule has 4 nitrogen and oxygen atoms in total. The lowest BCUT2D eigenvalue weighted by atomic mass is 9.78. The normalized spacial score (nSPS) is 19.8. The summed E-state index contributed by atoms with van der Waals surface area (Å²) in [5.74, 6) is 0.357. The lowest BCUT2D eigenvalue weighted by molar-refractivity contribution is -0.127. The van der Waals surface area contributed by atoms with Crippen LogP contribution in [0.5, 0.6) is 0 Å². The minimum Gasteiger partial charge on any atom is -0.348 e. The molecule has 0 bridgehead atoms. The summed E-state index contributed by atoms with van der Waals surface area (Å²) in [5.41, 5.74) is 1.57. The summed E-state index contributed by atoms with van der Waals surface area (Å²) < 4.78 is 0. The van der Waals surface area contributed by atoms with Crippen molar-refractivity contribution >= 4 is 22.4 Å². The van der Waals surface area contributed by atoms with E-state index in [-0.39, 0.29) is 5.41 Å². The zero-order chi connectivity index (χ0) is 17.1. The van der Waals surface area contributed by atoms with Crippen LogP contribution in [0, 0.1) is 5.41 Å². The smallest absolute Gasteiger partial charge is 0.223 e. The quantitative estimate of drug-likeness (QED) is 0.822. The zero-order valence-corrected chi connectivity index (χ0v) is 15.4. The Labute approximate surface area is 153 Å². The molecule has 3 heterocycles. The minimum atomic E-state index is 0.206. The van der Waals surface area contributed by atoms with E-state index in [0.29, 0.717) is 5.91 Å². The maximum atomic E-state index is 12.5. The largest absolute Gasteiger partial charge is 0.348 e. The third-order valence-corrected chi connectivity index (χ3v) is 6.49. The van der Waals surface area contributed by atoms with Crippen molar-refractivity contribution in [1.82, 2.24) is 9.88 Å². The van der Waals surface area contributed by atoms with Crippen molar-refractivity contribution in [3.63, 3.8) is 0 Å². The Balaban J connectivity index is 1.28. The Morgan fingerprint density at radius 3 is 2.68 bits per heavy atom. The third-order valence-electron chi connectivity index (χ3n) is 5.66. The Bertz CT molecular complexity index is 693. The van der Waals surface area contributed by atoms with Gasteiger partial charge in [0.05, 0.1) is 0 Å². The molecule has 1 spiro atoms. The van der Waals surface area contributed by atoms with Gasteiger partial charge in [-0.05, 0) is 31.2 Å². The fourth-order valence-electron chi connectivity index (χ4n) is 4.18. The fourth-order valence-corrected chi connectivity index (χ4v) is 4.88. The number of anilines is 1. The number of benzene rings is 1. The highest BCUT2D eigenvalue weighted by Gasteiger charge is 2.44. The van der Waals surface area contributed by atoms with Gasteiger partial charge in [0, 0.05) is 49.6 Å². The van der Waals surface area contributed by atoms with Gasteiger partial charge in [-0.25, -0.2) is 4.98 Å². The second-order valence-corrected chi connectivity index (χ2v) is 8.26. The predicted octanol–water partition coefficient (Wildman–Crippen LogP) is 3.59. The van der Waals surface area contributed by atoms with Gasteiger partial charge in [-0.2, -0.15) is 0 Å². The predicted molar refractivity (Wildman–Crippen MR) is 102 cm³/mol. The molecule has 2 aliphatic rings. The number of aryl methyl sites for hydroxylation is 1. The number of rotatable bonds is 5. The molecule has 132 valence electrons. The molecule has 0 radical (unpaired) electrons. The molecule has 1 amide bonds. The summed E-state index contributed by atoms with van der Waals surface area (Å²) >= 11 is 1.71. The molecule has 2 fully saturated rings. The highest BCUT2D eigenvalue weighted by atomic mass is 32.1. The first-order valence-electron chi connectivity index (χ1n) is 9.20. The number of piperidine rings is 1. The summed E-state index contributed by atoms with van der Waals surface area (Å²) in [6, 6.07) is 10.6. The maximum Gasteiger partial charge on any atom is 0.223 e. The van der Waals surface area contributed by atoms with Crippen LogP contribution in [0.25, 0.3) is 0 Å². The van der Waals surface area contributed by atoms with E-state index >= 15 is 0 Å².